The number of aromatic nitrogens is 2. The minimum atomic E-state index is 0.749. The third-order valence-electron chi connectivity index (χ3n) is 1.73. The second kappa shape index (κ2) is 4.06. The molecule has 2 aromatic heterocycles. The van der Waals surface area contributed by atoms with Crippen molar-refractivity contribution in [3.8, 4) is 10.7 Å². The molecule has 0 amide bonds. The lowest BCUT2D eigenvalue weighted by atomic mass is 10.4. The Kier molecular flexibility index (Phi) is 2.79. The first kappa shape index (κ1) is 9.61. The Morgan fingerprint density at radius 3 is 2.93 bits per heavy atom. The molecule has 0 unspecified atom stereocenters. The molecule has 2 heterocycles. The van der Waals surface area contributed by atoms with E-state index in [1.54, 1.807) is 17.5 Å². The van der Waals surface area contributed by atoms with Crippen molar-refractivity contribution in [1.29, 1.82) is 0 Å². The van der Waals surface area contributed by atoms with Gasteiger partial charge < -0.3 is 5.32 Å². The lowest BCUT2D eigenvalue weighted by Crippen LogP contribution is -1.94. The first-order chi connectivity index (χ1) is 6.81. The molecule has 1 N–H and O–H groups in total. The minimum absolute atomic E-state index is 0.749. The molecule has 0 saturated heterocycles. The molecule has 3 nitrogen and oxygen atoms in total. The number of rotatable bonds is 2. The van der Waals surface area contributed by atoms with Crippen LogP contribution >= 0.6 is 27.3 Å². The Bertz CT molecular complexity index is 441. The van der Waals surface area contributed by atoms with Crippen LogP contribution < -0.4 is 5.32 Å². The normalized spacial score (nSPS) is 10.1. The quantitative estimate of drug-likeness (QED) is 0.911. The van der Waals surface area contributed by atoms with Gasteiger partial charge in [0.05, 0.1) is 4.88 Å². The van der Waals surface area contributed by atoms with Crippen LogP contribution in [-0.4, -0.2) is 17.0 Å². The van der Waals surface area contributed by atoms with Gasteiger partial charge in [0.1, 0.15) is 5.82 Å². The van der Waals surface area contributed by atoms with Gasteiger partial charge in [0.2, 0.25) is 0 Å². The molecule has 2 aromatic rings. The zero-order valence-electron chi connectivity index (χ0n) is 7.49. The number of halogens is 1. The molecule has 0 saturated carbocycles. The van der Waals surface area contributed by atoms with Gasteiger partial charge in [-0.1, -0.05) is 0 Å². The van der Waals surface area contributed by atoms with Gasteiger partial charge in [-0.05, 0) is 33.4 Å². The maximum Gasteiger partial charge on any atom is 0.172 e. The summed E-state index contributed by atoms with van der Waals surface area (Å²) in [6, 6.07) is 3.83. The predicted molar refractivity (Wildman–Crippen MR) is 62.6 cm³/mol. The van der Waals surface area contributed by atoms with Crippen molar-refractivity contribution in [1.82, 2.24) is 9.97 Å². The summed E-state index contributed by atoms with van der Waals surface area (Å²) in [6.07, 6.45) is 1.75. The fraction of sp³-hybridized carbons (Fsp3) is 0.111. The maximum atomic E-state index is 4.35. The molecule has 14 heavy (non-hydrogen) atoms. The Morgan fingerprint density at radius 2 is 2.29 bits per heavy atom. The molecule has 0 atom stereocenters. The van der Waals surface area contributed by atoms with Crippen LogP contribution in [0.4, 0.5) is 5.82 Å². The molecule has 5 heteroatoms. The molecule has 0 bridgehead atoms. The van der Waals surface area contributed by atoms with Crippen LogP contribution in [0.1, 0.15) is 0 Å². The molecule has 0 aromatic carbocycles. The molecular weight excluding hydrogens is 262 g/mol. The number of nitrogens with zero attached hydrogens (tertiary/aromatic N) is 2. The van der Waals surface area contributed by atoms with Crippen molar-refractivity contribution < 1.29 is 0 Å². The topological polar surface area (TPSA) is 37.8 Å². The van der Waals surface area contributed by atoms with Gasteiger partial charge in [0.15, 0.2) is 5.82 Å². The van der Waals surface area contributed by atoms with Crippen molar-refractivity contribution >= 4 is 33.1 Å². The van der Waals surface area contributed by atoms with Crippen LogP contribution in [0.15, 0.2) is 28.2 Å². The van der Waals surface area contributed by atoms with Crippen molar-refractivity contribution in [3.05, 3.63) is 28.2 Å². The van der Waals surface area contributed by atoms with Gasteiger partial charge in [0, 0.05) is 17.7 Å². The number of nitrogens with one attached hydrogen (secondary N) is 1. The lowest BCUT2D eigenvalue weighted by Gasteiger charge is -2.00. The summed E-state index contributed by atoms with van der Waals surface area (Å²) in [5.41, 5.74) is 0. The van der Waals surface area contributed by atoms with E-state index < -0.39 is 0 Å². The Hall–Kier alpha value is -0.940. The van der Waals surface area contributed by atoms with E-state index in [1.807, 2.05) is 24.6 Å². The van der Waals surface area contributed by atoms with Crippen LogP contribution in [-0.2, 0) is 0 Å². The fourth-order valence-electron chi connectivity index (χ4n) is 1.06. The van der Waals surface area contributed by atoms with E-state index in [4.69, 9.17) is 0 Å². The zero-order valence-corrected chi connectivity index (χ0v) is 9.89. The summed E-state index contributed by atoms with van der Waals surface area (Å²) in [6.45, 7) is 0. The van der Waals surface area contributed by atoms with Gasteiger partial charge in [-0.2, -0.15) is 0 Å². The Labute approximate surface area is 94.4 Å². The van der Waals surface area contributed by atoms with Crippen LogP contribution in [0.3, 0.4) is 0 Å². The van der Waals surface area contributed by atoms with Gasteiger partial charge in [-0.15, -0.1) is 11.3 Å². The summed E-state index contributed by atoms with van der Waals surface area (Å²) >= 11 is 5.08. The van der Waals surface area contributed by atoms with Crippen LogP contribution in [0.2, 0.25) is 0 Å². The molecule has 0 spiro atoms. The smallest absolute Gasteiger partial charge is 0.172 e. The van der Waals surface area contributed by atoms with Crippen LogP contribution in [0, 0.1) is 0 Å². The van der Waals surface area contributed by atoms with Crippen molar-refractivity contribution in [2.45, 2.75) is 0 Å². The Morgan fingerprint density at radius 1 is 1.43 bits per heavy atom. The first-order valence-corrected chi connectivity index (χ1v) is 5.72. The summed E-state index contributed by atoms with van der Waals surface area (Å²) < 4.78 is 1.04. The molecular formula is C9H8BrN3S. The van der Waals surface area contributed by atoms with Crippen molar-refractivity contribution in [3.63, 3.8) is 0 Å². The van der Waals surface area contributed by atoms with Gasteiger partial charge in [-0.25, -0.2) is 9.97 Å². The molecule has 0 radical (unpaired) electrons. The zero-order chi connectivity index (χ0) is 9.97. The number of hydrogen-bond donors (Lipinski definition) is 1. The molecule has 0 fully saturated rings. The monoisotopic (exact) mass is 269 g/mol. The predicted octanol–water partition coefficient (Wildman–Crippen LogP) is 3.01. The van der Waals surface area contributed by atoms with E-state index in [9.17, 15) is 0 Å². The Balaban J connectivity index is 2.47. The van der Waals surface area contributed by atoms with Gasteiger partial charge in [-0.3, -0.25) is 0 Å². The molecule has 2 rings (SSSR count). The van der Waals surface area contributed by atoms with Crippen LogP contribution in [0.5, 0.6) is 0 Å². The number of anilines is 1. The highest BCUT2D eigenvalue weighted by Gasteiger charge is 2.07. The highest BCUT2D eigenvalue weighted by molar-refractivity contribution is 9.10. The van der Waals surface area contributed by atoms with E-state index >= 15 is 0 Å². The average molecular weight is 270 g/mol. The molecule has 0 aliphatic heterocycles. The van der Waals surface area contributed by atoms with E-state index in [0.717, 1.165) is 21.0 Å². The molecule has 0 aliphatic rings. The van der Waals surface area contributed by atoms with E-state index in [1.165, 1.54) is 0 Å². The highest BCUT2D eigenvalue weighted by atomic mass is 79.9. The van der Waals surface area contributed by atoms with Gasteiger partial charge >= 0.3 is 0 Å². The van der Waals surface area contributed by atoms with E-state index in [0.29, 0.717) is 0 Å². The number of thiophene rings is 1. The lowest BCUT2D eigenvalue weighted by molar-refractivity contribution is 1.17. The highest BCUT2D eigenvalue weighted by Crippen LogP contribution is 2.31. The van der Waals surface area contributed by atoms with Crippen molar-refractivity contribution in [2.75, 3.05) is 12.4 Å². The summed E-state index contributed by atoms with van der Waals surface area (Å²) in [5.74, 6) is 1.58. The van der Waals surface area contributed by atoms with Crippen LogP contribution in [0.25, 0.3) is 10.7 Å². The second-order valence-corrected chi connectivity index (χ2v) is 4.38. The summed E-state index contributed by atoms with van der Waals surface area (Å²) in [7, 11) is 1.84. The molecule has 0 aliphatic carbocycles. The summed E-state index contributed by atoms with van der Waals surface area (Å²) in [4.78, 5) is 9.63. The van der Waals surface area contributed by atoms with E-state index in [2.05, 4.69) is 31.2 Å². The van der Waals surface area contributed by atoms with E-state index in [-0.39, 0.29) is 0 Å². The summed E-state index contributed by atoms with van der Waals surface area (Å²) in [5, 5.41) is 5.00. The molecule has 72 valence electrons. The largest absolute Gasteiger partial charge is 0.373 e. The number of hydrogen-bond acceptors (Lipinski definition) is 4. The standard InChI is InChI=1S/C9H8BrN3S/c1-11-7-2-4-12-9(13-7)8-6(10)3-5-14-8/h2-5H,1H3,(H,11,12,13). The minimum Gasteiger partial charge on any atom is -0.373 e. The van der Waals surface area contributed by atoms with Crippen molar-refractivity contribution in [2.24, 2.45) is 0 Å². The fourth-order valence-corrected chi connectivity index (χ4v) is 2.55. The SMILES string of the molecule is CNc1ccnc(-c2sccc2Br)n1. The maximum absolute atomic E-state index is 4.35. The first-order valence-electron chi connectivity index (χ1n) is 4.05. The third-order valence-corrected chi connectivity index (χ3v) is 3.57. The second-order valence-electron chi connectivity index (χ2n) is 2.61. The van der Waals surface area contributed by atoms with Gasteiger partial charge in [0.25, 0.3) is 0 Å². The third kappa shape index (κ3) is 1.78. The average Bonchev–Trinajstić information content (AvgIpc) is 2.65.